The molecular weight excluding hydrogens is 268 g/mol. The predicted molar refractivity (Wildman–Crippen MR) is 77.5 cm³/mol. The molecular formula is C16H11N2OS+. The molecule has 4 heteroatoms. The van der Waals surface area contributed by atoms with Gasteiger partial charge in [0.1, 0.15) is 4.70 Å². The van der Waals surface area contributed by atoms with Gasteiger partial charge in [0.15, 0.2) is 0 Å². The van der Waals surface area contributed by atoms with E-state index in [1.165, 1.54) is 4.70 Å². The lowest BCUT2D eigenvalue weighted by atomic mass is 10.1. The number of fused-ring (bicyclic) bond motifs is 1. The number of thiazole rings is 1. The standard InChI is InChI=1S/C16H11N2OS/c17-9-12-5-7-13(8-6-12)15(19)10-18-11-20-16-4-2-1-3-14(16)18/h1-8,11H,10H2/q+1. The lowest BCUT2D eigenvalue weighted by Gasteiger charge is -1.97. The molecule has 96 valence electrons. The highest BCUT2D eigenvalue weighted by molar-refractivity contribution is 7.16. The lowest BCUT2D eigenvalue weighted by molar-refractivity contribution is -0.652. The molecule has 1 heterocycles. The molecule has 3 aromatic rings. The van der Waals surface area contributed by atoms with Crippen molar-refractivity contribution in [2.45, 2.75) is 6.54 Å². The fraction of sp³-hybridized carbons (Fsp3) is 0.0625. The summed E-state index contributed by atoms with van der Waals surface area (Å²) in [5.74, 6) is 0.0445. The summed E-state index contributed by atoms with van der Waals surface area (Å²) in [5.41, 5.74) is 4.23. The zero-order valence-electron chi connectivity index (χ0n) is 10.6. The van der Waals surface area contributed by atoms with Gasteiger partial charge in [0, 0.05) is 11.6 Å². The van der Waals surface area contributed by atoms with Crippen molar-refractivity contribution < 1.29 is 9.36 Å². The molecule has 0 amide bonds. The zero-order chi connectivity index (χ0) is 13.9. The number of carbonyl (C=O) groups excluding carboxylic acids is 1. The van der Waals surface area contributed by atoms with Crippen LogP contribution in [-0.2, 0) is 6.54 Å². The normalized spacial score (nSPS) is 10.3. The summed E-state index contributed by atoms with van der Waals surface area (Å²) in [4.78, 5) is 12.3. The Kier molecular flexibility index (Phi) is 3.28. The van der Waals surface area contributed by atoms with Gasteiger partial charge in [-0.25, -0.2) is 0 Å². The van der Waals surface area contributed by atoms with Crippen LogP contribution >= 0.6 is 11.3 Å². The van der Waals surface area contributed by atoms with Crippen LogP contribution in [0.25, 0.3) is 10.2 Å². The molecule has 0 aliphatic heterocycles. The van der Waals surface area contributed by atoms with Crippen LogP contribution in [0, 0.1) is 11.3 Å². The van der Waals surface area contributed by atoms with Crippen LogP contribution < -0.4 is 4.57 Å². The molecule has 0 unspecified atom stereocenters. The maximum Gasteiger partial charge on any atom is 0.227 e. The number of Topliss-reactive ketones (excluding diaryl/α,β-unsaturated/α-hetero) is 1. The van der Waals surface area contributed by atoms with Gasteiger partial charge in [0.2, 0.25) is 23.4 Å². The molecule has 0 saturated carbocycles. The minimum atomic E-state index is 0.0445. The monoisotopic (exact) mass is 279 g/mol. The number of rotatable bonds is 3. The molecule has 0 bridgehead atoms. The van der Waals surface area contributed by atoms with Crippen LogP contribution in [0.5, 0.6) is 0 Å². The molecule has 3 nitrogen and oxygen atoms in total. The number of carbonyl (C=O) groups is 1. The van der Waals surface area contributed by atoms with E-state index in [1.807, 2.05) is 40.4 Å². The fourth-order valence-corrected chi connectivity index (χ4v) is 2.96. The third-order valence-corrected chi connectivity index (χ3v) is 4.09. The first-order chi connectivity index (χ1) is 9.78. The van der Waals surface area contributed by atoms with Gasteiger partial charge in [-0.2, -0.15) is 9.83 Å². The van der Waals surface area contributed by atoms with Gasteiger partial charge < -0.3 is 0 Å². The summed E-state index contributed by atoms with van der Waals surface area (Å²) < 4.78 is 3.13. The number of nitrogens with zero attached hydrogens (tertiary/aromatic N) is 2. The summed E-state index contributed by atoms with van der Waals surface area (Å²) in [6.07, 6.45) is 0. The molecule has 0 N–H and O–H groups in total. The number of hydrogen-bond donors (Lipinski definition) is 0. The molecule has 0 spiro atoms. The molecule has 0 fully saturated rings. The van der Waals surface area contributed by atoms with E-state index in [9.17, 15) is 4.79 Å². The van der Waals surface area contributed by atoms with E-state index in [1.54, 1.807) is 35.6 Å². The predicted octanol–water partition coefficient (Wildman–Crippen LogP) is 2.94. The summed E-state index contributed by atoms with van der Waals surface area (Å²) in [6.45, 7) is 0.315. The number of hydrogen-bond acceptors (Lipinski definition) is 3. The van der Waals surface area contributed by atoms with Gasteiger partial charge in [0.25, 0.3) is 0 Å². The van der Waals surface area contributed by atoms with Gasteiger partial charge >= 0.3 is 0 Å². The molecule has 0 aliphatic carbocycles. The lowest BCUT2D eigenvalue weighted by Crippen LogP contribution is -2.36. The number of ketones is 1. The summed E-state index contributed by atoms with van der Waals surface area (Å²) >= 11 is 1.62. The van der Waals surface area contributed by atoms with Crippen molar-refractivity contribution in [3.63, 3.8) is 0 Å². The molecule has 3 rings (SSSR count). The van der Waals surface area contributed by atoms with Crippen LogP contribution in [0.15, 0.2) is 54.0 Å². The second-order valence-corrected chi connectivity index (χ2v) is 5.32. The SMILES string of the molecule is N#Cc1ccc(C(=O)C[n+]2csc3ccccc32)cc1. The van der Waals surface area contributed by atoms with E-state index < -0.39 is 0 Å². The van der Waals surface area contributed by atoms with Gasteiger partial charge in [-0.3, -0.25) is 4.79 Å². The van der Waals surface area contributed by atoms with Crippen LogP contribution in [0.2, 0.25) is 0 Å². The molecule has 0 saturated heterocycles. The number of para-hydroxylation sites is 1. The molecule has 20 heavy (non-hydrogen) atoms. The van der Waals surface area contributed by atoms with Crippen LogP contribution in [0.1, 0.15) is 15.9 Å². The van der Waals surface area contributed by atoms with Crippen LogP contribution in [0.3, 0.4) is 0 Å². The van der Waals surface area contributed by atoms with Crippen molar-refractivity contribution in [3.05, 3.63) is 65.2 Å². The average molecular weight is 279 g/mol. The highest BCUT2D eigenvalue weighted by atomic mass is 32.1. The van der Waals surface area contributed by atoms with Crippen molar-refractivity contribution in [1.82, 2.24) is 0 Å². The average Bonchev–Trinajstić information content (AvgIpc) is 2.91. The molecule has 0 radical (unpaired) electrons. The first kappa shape index (κ1) is 12.5. The Balaban J connectivity index is 1.87. The minimum Gasteiger partial charge on any atom is -0.287 e. The number of benzene rings is 2. The van der Waals surface area contributed by atoms with Crippen molar-refractivity contribution >= 4 is 27.3 Å². The Morgan fingerprint density at radius 1 is 1.15 bits per heavy atom. The third-order valence-electron chi connectivity index (χ3n) is 3.13. The van der Waals surface area contributed by atoms with Crippen molar-refractivity contribution in [2.75, 3.05) is 0 Å². The van der Waals surface area contributed by atoms with Crippen molar-refractivity contribution in [3.8, 4) is 6.07 Å². The third kappa shape index (κ3) is 2.31. The van der Waals surface area contributed by atoms with E-state index in [0.717, 1.165) is 5.52 Å². The molecule has 1 aromatic heterocycles. The quantitative estimate of drug-likeness (QED) is 0.546. The van der Waals surface area contributed by atoms with Gasteiger partial charge in [0.05, 0.1) is 11.6 Å². The smallest absolute Gasteiger partial charge is 0.227 e. The fourth-order valence-electron chi connectivity index (χ4n) is 2.07. The van der Waals surface area contributed by atoms with Gasteiger partial charge in [-0.05, 0) is 30.3 Å². The highest BCUT2D eigenvalue weighted by Gasteiger charge is 2.16. The molecule has 2 aromatic carbocycles. The Hall–Kier alpha value is -2.51. The van der Waals surface area contributed by atoms with Gasteiger partial charge in [-0.15, -0.1) is 0 Å². The Bertz CT molecular complexity index is 812. The van der Waals surface area contributed by atoms with Crippen LogP contribution in [0.4, 0.5) is 0 Å². The maximum atomic E-state index is 12.3. The Labute approximate surface area is 120 Å². The Morgan fingerprint density at radius 2 is 1.90 bits per heavy atom. The van der Waals surface area contributed by atoms with E-state index >= 15 is 0 Å². The summed E-state index contributed by atoms with van der Waals surface area (Å²) in [6, 6.07) is 16.8. The first-order valence-electron chi connectivity index (χ1n) is 6.17. The van der Waals surface area contributed by atoms with Crippen molar-refractivity contribution in [2.24, 2.45) is 0 Å². The summed E-state index contributed by atoms with van der Waals surface area (Å²) in [5, 5.41) is 8.76. The van der Waals surface area contributed by atoms with Gasteiger partial charge in [-0.1, -0.05) is 23.5 Å². The van der Waals surface area contributed by atoms with E-state index in [4.69, 9.17) is 5.26 Å². The minimum absolute atomic E-state index is 0.0445. The van der Waals surface area contributed by atoms with Crippen molar-refractivity contribution in [1.29, 1.82) is 5.26 Å². The Morgan fingerprint density at radius 3 is 2.65 bits per heavy atom. The number of nitriles is 1. The number of aromatic nitrogens is 1. The topological polar surface area (TPSA) is 44.7 Å². The molecule has 0 aliphatic rings. The van der Waals surface area contributed by atoms with E-state index in [0.29, 0.717) is 17.7 Å². The first-order valence-corrected chi connectivity index (χ1v) is 7.05. The zero-order valence-corrected chi connectivity index (χ0v) is 11.4. The van der Waals surface area contributed by atoms with E-state index in [-0.39, 0.29) is 5.78 Å². The maximum absolute atomic E-state index is 12.3. The second kappa shape index (κ2) is 5.24. The highest BCUT2D eigenvalue weighted by Crippen LogP contribution is 2.15. The van der Waals surface area contributed by atoms with E-state index in [2.05, 4.69) is 0 Å². The van der Waals surface area contributed by atoms with Crippen LogP contribution in [-0.4, -0.2) is 5.78 Å². The molecule has 0 atom stereocenters. The second-order valence-electron chi connectivity index (χ2n) is 4.43. The largest absolute Gasteiger partial charge is 0.287 e. The summed E-state index contributed by atoms with van der Waals surface area (Å²) in [7, 11) is 0.